The van der Waals surface area contributed by atoms with Crippen LogP contribution in [0.15, 0.2) is 22.7 Å². The molecule has 2 heterocycles. The summed E-state index contributed by atoms with van der Waals surface area (Å²) < 4.78 is 10.6. The standard InChI is InChI=1S/C26H35N5O7.C3H8/c1-15(2)24(25(36)28-19(13-23(34)35)20(32)14-31-9-5-6-10-31)29-22(33)12-18-11-17(7-8-21(18)37-4)26-27-16(3)30-38-26;1-3-2/h7-8,11,15,19,24H,5-6,9-10,12-14H2,1-4H3,(H,28,36)(H,29,33)(H,34,35);3H2,1-2H3/p+1. The first kappa shape index (κ1) is 33.4. The number of ether oxygens (including phenoxy) is 1. The summed E-state index contributed by atoms with van der Waals surface area (Å²) in [6, 6.07) is 2.99. The number of hydrogen-bond donors (Lipinski definition) is 4. The van der Waals surface area contributed by atoms with E-state index < -0.39 is 36.3 Å². The minimum Gasteiger partial charge on any atom is -0.496 e. The number of benzene rings is 1. The van der Waals surface area contributed by atoms with Gasteiger partial charge in [0.25, 0.3) is 5.89 Å². The summed E-state index contributed by atoms with van der Waals surface area (Å²) in [5.74, 6) is -1.64. The molecule has 1 aliphatic heterocycles. The molecule has 2 unspecified atom stereocenters. The van der Waals surface area contributed by atoms with Gasteiger partial charge in [-0.1, -0.05) is 39.3 Å². The molecule has 0 aliphatic carbocycles. The first-order chi connectivity index (χ1) is 19.5. The number of ketones is 1. The summed E-state index contributed by atoms with van der Waals surface area (Å²) in [5.41, 5.74) is 1.16. The van der Waals surface area contributed by atoms with Gasteiger partial charge in [0, 0.05) is 24.0 Å². The van der Waals surface area contributed by atoms with Gasteiger partial charge in [-0.2, -0.15) is 4.98 Å². The molecule has 0 saturated carbocycles. The fourth-order valence-electron chi connectivity index (χ4n) is 4.50. The number of quaternary nitrogens is 1. The third-order valence-electron chi connectivity index (χ3n) is 6.49. The largest absolute Gasteiger partial charge is 0.496 e. The lowest BCUT2D eigenvalue weighted by Crippen LogP contribution is -3.11. The maximum atomic E-state index is 13.1. The monoisotopic (exact) mass is 574 g/mol. The minimum absolute atomic E-state index is 0.101. The molecule has 2 atom stereocenters. The third-order valence-corrected chi connectivity index (χ3v) is 6.49. The van der Waals surface area contributed by atoms with E-state index in [-0.39, 0.29) is 24.7 Å². The van der Waals surface area contributed by atoms with Crippen molar-refractivity contribution in [3.63, 3.8) is 0 Å². The zero-order valence-electron chi connectivity index (χ0n) is 24.9. The van der Waals surface area contributed by atoms with E-state index in [1.807, 2.05) is 0 Å². The first-order valence-electron chi connectivity index (χ1n) is 14.1. The van der Waals surface area contributed by atoms with Gasteiger partial charge >= 0.3 is 5.97 Å². The van der Waals surface area contributed by atoms with Crippen molar-refractivity contribution in [2.75, 3.05) is 26.7 Å². The van der Waals surface area contributed by atoms with Crippen molar-refractivity contribution in [2.45, 2.75) is 78.8 Å². The highest BCUT2D eigenvalue weighted by atomic mass is 16.5. The molecule has 4 N–H and O–H groups in total. The number of carboxylic acid groups (broad SMARTS) is 1. The molecule has 0 spiro atoms. The molecular weight excluding hydrogens is 530 g/mol. The van der Waals surface area contributed by atoms with Crippen LogP contribution in [0.25, 0.3) is 11.5 Å². The van der Waals surface area contributed by atoms with Crippen LogP contribution in [-0.2, 0) is 25.6 Å². The van der Waals surface area contributed by atoms with Crippen LogP contribution in [0.5, 0.6) is 5.75 Å². The zero-order chi connectivity index (χ0) is 30.5. The van der Waals surface area contributed by atoms with Gasteiger partial charge in [0.1, 0.15) is 24.4 Å². The van der Waals surface area contributed by atoms with Crippen LogP contribution in [0.4, 0.5) is 0 Å². The van der Waals surface area contributed by atoms with Gasteiger partial charge in [-0.05, 0) is 31.0 Å². The van der Waals surface area contributed by atoms with Crippen molar-refractivity contribution < 1.29 is 38.4 Å². The van der Waals surface area contributed by atoms with Gasteiger partial charge in [-0.3, -0.25) is 19.2 Å². The summed E-state index contributed by atoms with van der Waals surface area (Å²) in [7, 11) is 1.49. The number of carbonyl (C=O) groups excluding carboxylic acids is 3. The lowest BCUT2D eigenvalue weighted by Gasteiger charge is -2.25. The minimum atomic E-state index is -1.19. The fourth-order valence-corrected chi connectivity index (χ4v) is 4.50. The average molecular weight is 575 g/mol. The number of Topliss-reactive ketones (excluding diaryl/α,β-unsaturated/α-hetero) is 1. The van der Waals surface area contributed by atoms with Crippen LogP contribution in [0, 0.1) is 12.8 Å². The summed E-state index contributed by atoms with van der Waals surface area (Å²) in [5, 5.41) is 18.4. The topological polar surface area (TPSA) is 165 Å². The fraction of sp³-hybridized carbons (Fsp3) is 0.586. The predicted octanol–water partition coefficient (Wildman–Crippen LogP) is 1.36. The van der Waals surface area contributed by atoms with Crippen LogP contribution >= 0.6 is 0 Å². The van der Waals surface area contributed by atoms with E-state index in [2.05, 4.69) is 34.6 Å². The Hall–Kier alpha value is -3.80. The molecule has 1 fully saturated rings. The molecule has 41 heavy (non-hydrogen) atoms. The number of aliphatic carboxylic acids is 1. The Morgan fingerprint density at radius 3 is 2.32 bits per heavy atom. The van der Waals surface area contributed by atoms with Gasteiger partial charge < -0.3 is 29.9 Å². The smallest absolute Gasteiger partial charge is 0.305 e. The maximum absolute atomic E-state index is 13.1. The molecule has 1 saturated heterocycles. The molecule has 1 aromatic carbocycles. The van der Waals surface area contributed by atoms with Crippen LogP contribution < -0.4 is 20.3 Å². The Balaban J connectivity index is 0.00000187. The summed E-state index contributed by atoms with van der Waals surface area (Å²) >= 11 is 0. The van der Waals surface area contributed by atoms with Crippen LogP contribution in [-0.4, -0.2) is 77.6 Å². The van der Waals surface area contributed by atoms with Crippen LogP contribution in [0.2, 0.25) is 0 Å². The second-order valence-corrected chi connectivity index (χ2v) is 10.6. The highest BCUT2D eigenvalue weighted by Gasteiger charge is 2.32. The average Bonchev–Trinajstić information content (AvgIpc) is 3.58. The summed E-state index contributed by atoms with van der Waals surface area (Å²) in [6.45, 7) is 11.3. The molecule has 226 valence electrons. The molecule has 3 rings (SSSR count). The molecule has 0 radical (unpaired) electrons. The molecule has 1 aromatic heterocycles. The number of aromatic nitrogens is 2. The quantitative estimate of drug-likeness (QED) is 0.276. The van der Waals surface area contributed by atoms with Gasteiger partial charge in [-0.25, -0.2) is 0 Å². The van der Waals surface area contributed by atoms with E-state index in [1.165, 1.54) is 13.5 Å². The number of nitrogens with zero attached hydrogens (tertiary/aromatic N) is 2. The summed E-state index contributed by atoms with van der Waals surface area (Å²) in [4.78, 5) is 55.7. The molecular formula is C29H44N5O7+. The van der Waals surface area contributed by atoms with Gasteiger partial charge in [0.05, 0.1) is 33.0 Å². The van der Waals surface area contributed by atoms with Crippen LogP contribution in [0.1, 0.15) is 64.8 Å². The number of likely N-dealkylation sites (tertiary alicyclic amines) is 1. The predicted molar refractivity (Wildman–Crippen MR) is 151 cm³/mol. The Kier molecular flexibility index (Phi) is 13.4. The SMILES string of the molecule is CCC.COc1ccc(-c2nc(C)no2)cc1CC(=O)NC(C(=O)NC(CC(=O)O)C(=O)C[NH+]1CCCC1)C(C)C. The number of nitrogens with one attached hydrogen (secondary N) is 3. The lowest BCUT2D eigenvalue weighted by molar-refractivity contribution is -0.879. The van der Waals surface area contributed by atoms with Crippen molar-refractivity contribution in [1.29, 1.82) is 0 Å². The van der Waals surface area contributed by atoms with Crippen molar-refractivity contribution >= 4 is 23.6 Å². The Bertz CT molecular complexity index is 1170. The Morgan fingerprint density at radius 2 is 1.78 bits per heavy atom. The number of carbonyl (C=O) groups is 4. The number of rotatable bonds is 13. The van der Waals surface area contributed by atoms with E-state index in [1.54, 1.807) is 39.0 Å². The molecule has 2 amide bonds. The van der Waals surface area contributed by atoms with E-state index in [0.717, 1.165) is 30.8 Å². The second-order valence-electron chi connectivity index (χ2n) is 10.6. The maximum Gasteiger partial charge on any atom is 0.305 e. The number of methoxy groups -OCH3 is 1. The van der Waals surface area contributed by atoms with Crippen LogP contribution in [0.3, 0.4) is 0 Å². The molecule has 0 bridgehead atoms. The Morgan fingerprint density at radius 1 is 1.12 bits per heavy atom. The first-order valence-corrected chi connectivity index (χ1v) is 14.1. The van der Waals surface area contributed by atoms with Crippen molar-refractivity contribution in [3.05, 3.63) is 29.6 Å². The van der Waals surface area contributed by atoms with Gasteiger partial charge in [-0.15, -0.1) is 0 Å². The van der Waals surface area contributed by atoms with Crippen molar-refractivity contribution in [1.82, 2.24) is 20.8 Å². The number of hydrogen-bond acceptors (Lipinski definition) is 8. The van der Waals surface area contributed by atoms with Crippen molar-refractivity contribution in [2.24, 2.45) is 5.92 Å². The van der Waals surface area contributed by atoms with Crippen molar-refractivity contribution in [3.8, 4) is 17.2 Å². The van der Waals surface area contributed by atoms with Gasteiger partial charge in [0.15, 0.2) is 5.82 Å². The lowest BCUT2D eigenvalue weighted by atomic mass is 10.0. The third kappa shape index (κ3) is 10.6. The molecule has 2 aromatic rings. The van der Waals surface area contributed by atoms with E-state index >= 15 is 0 Å². The van der Waals surface area contributed by atoms with E-state index in [4.69, 9.17) is 9.26 Å². The normalized spacial score (nSPS) is 14.5. The molecule has 1 aliphatic rings. The zero-order valence-corrected chi connectivity index (χ0v) is 24.9. The molecule has 12 nitrogen and oxygen atoms in total. The van der Waals surface area contributed by atoms with Gasteiger partial charge in [0.2, 0.25) is 17.6 Å². The highest BCUT2D eigenvalue weighted by molar-refractivity contribution is 5.95. The number of amides is 2. The highest BCUT2D eigenvalue weighted by Crippen LogP contribution is 2.26. The summed E-state index contributed by atoms with van der Waals surface area (Å²) in [6.07, 6.45) is 2.66. The second kappa shape index (κ2) is 16.5. The Labute approximate surface area is 241 Å². The van der Waals surface area contributed by atoms with E-state index in [9.17, 15) is 24.3 Å². The number of aryl methyl sites for hydroxylation is 1. The van der Waals surface area contributed by atoms with E-state index in [0.29, 0.717) is 28.6 Å². The number of carboxylic acids is 1. The molecule has 12 heteroatoms.